The molecule has 2 aliphatic carbocycles. The van der Waals surface area contributed by atoms with Gasteiger partial charge in [0.2, 0.25) is 0 Å². The molecule has 6 nitrogen and oxygen atoms in total. The van der Waals surface area contributed by atoms with Crippen LogP contribution in [0.3, 0.4) is 0 Å². The van der Waals surface area contributed by atoms with E-state index in [1.165, 1.54) is 7.11 Å². The van der Waals surface area contributed by atoms with Crippen molar-refractivity contribution >= 4 is 11.9 Å². The van der Waals surface area contributed by atoms with Crippen LogP contribution < -0.4 is 4.74 Å². The zero-order valence-electron chi connectivity index (χ0n) is 14.0. The highest BCUT2D eigenvalue weighted by Gasteiger charge is 2.70. The first-order valence-electron chi connectivity index (χ1n) is 8.01. The van der Waals surface area contributed by atoms with E-state index in [0.717, 1.165) is 0 Å². The molecule has 24 heavy (non-hydrogen) atoms. The van der Waals surface area contributed by atoms with E-state index in [2.05, 4.69) is 0 Å². The first-order valence-corrected chi connectivity index (χ1v) is 8.01. The maximum absolute atomic E-state index is 12.2. The van der Waals surface area contributed by atoms with Crippen LogP contribution in [0.4, 0.5) is 0 Å². The Balaban J connectivity index is 2.40. The van der Waals surface area contributed by atoms with Crippen LogP contribution >= 0.6 is 0 Å². The van der Waals surface area contributed by atoms with Crippen molar-refractivity contribution in [1.82, 2.24) is 0 Å². The number of benzene rings is 1. The summed E-state index contributed by atoms with van der Waals surface area (Å²) in [6.45, 7) is 3.40. The van der Waals surface area contributed by atoms with Crippen LogP contribution in [0.5, 0.6) is 5.75 Å². The minimum atomic E-state index is -2.30. The van der Waals surface area contributed by atoms with Crippen molar-refractivity contribution in [3.05, 3.63) is 29.3 Å². The van der Waals surface area contributed by atoms with Gasteiger partial charge in [0.15, 0.2) is 5.60 Å². The summed E-state index contributed by atoms with van der Waals surface area (Å²) in [5.74, 6) is -3.21. The minimum absolute atomic E-state index is 0.196. The molecular weight excluding hydrogens is 312 g/mol. The molecule has 0 saturated heterocycles. The smallest absolute Gasteiger partial charge is 0.340 e. The summed E-state index contributed by atoms with van der Waals surface area (Å²) >= 11 is 0. The van der Waals surface area contributed by atoms with Crippen molar-refractivity contribution in [3.63, 3.8) is 0 Å². The Morgan fingerprint density at radius 1 is 1.17 bits per heavy atom. The van der Waals surface area contributed by atoms with Crippen molar-refractivity contribution in [1.29, 1.82) is 0 Å². The summed E-state index contributed by atoms with van der Waals surface area (Å²) in [5, 5.41) is 31.1. The third-order valence-electron chi connectivity index (χ3n) is 6.14. The minimum Gasteiger partial charge on any atom is -0.496 e. The summed E-state index contributed by atoms with van der Waals surface area (Å²) < 4.78 is 5.31. The van der Waals surface area contributed by atoms with Gasteiger partial charge in [0.1, 0.15) is 5.75 Å². The summed E-state index contributed by atoms with van der Waals surface area (Å²) in [6, 6.07) is 5.13. The van der Waals surface area contributed by atoms with Gasteiger partial charge < -0.3 is 20.1 Å². The van der Waals surface area contributed by atoms with Gasteiger partial charge in [0.05, 0.1) is 12.5 Å². The molecule has 0 heterocycles. The highest BCUT2D eigenvalue weighted by atomic mass is 16.5. The van der Waals surface area contributed by atoms with E-state index in [1.807, 2.05) is 6.92 Å². The molecule has 2 aliphatic rings. The normalized spacial score (nSPS) is 37.4. The number of carboxylic acid groups (broad SMARTS) is 2. The molecule has 0 amide bonds. The quantitative estimate of drug-likeness (QED) is 0.782. The van der Waals surface area contributed by atoms with Crippen molar-refractivity contribution in [2.24, 2.45) is 11.3 Å². The first-order chi connectivity index (χ1) is 11.1. The predicted molar refractivity (Wildman–Crippen MR) is 85.0 cm³/mol. The monoisotopic (exact) mass is 334 g/mol. The highest BCUT2D eigenvalue weighted by Crippen LogP contribution is 2.66. The molecule has 1 aromatic carbocycles. The number of hydrogen-bond donors (Lipinski definition) is 3. The molecule has 1 saturated carbocycles. The maximum atomic E-state index is 12.2. The van der Waals surface area contributed by atoms with E-state index >= 15 is 0 Å². The second-order valence-corrected chi connectivity index (χ2v) is 7.38. The fourth-order valence-corrected chi connectivity index (χ4v) is 5.20. The Hall–Kier alpha value is -2.08. The Labute approximate surface area is 140 Å². The average Bonchev–Trinajstić information content (AvgIpc) is 2.74. The summed E-state index contributed by atoms with van der Waals surface area (Å²) in [5.41, 5.74) is -3.53. The van der Waals surface area contributed by atoms with E-state index in [-0.39, 0.29) is 11.3 Å². The lowest BCUT2D eigenvalue weighted by Gasteiger charge is -2.50. The molecule has 4 atom stereocenters. The zero-order chi connectivity index (χ0) is 17.9. The van der Waals surface area contributed by atoms with Crippen molar-refractivity contribution in [3.8, 4) is 5.75 Å². The van der Waals surface area contributed by atoms with Crippen LogP contribution in [-0.2, 0) is 20.6 Å². The van der Waals surface area contributed by atoms with Gasteiger partial charge in [-0.2, -0.15) is 0 Å². The summed E-state index contributed by atoms with van der Waals surface area (Å²) in [7, 11) is 1.42. The Bertz CT molecular complexity index is 728. The summed E-state index contributed by atoms with van der Waals surface area (Å²) in [6.07, 6.45) is 1.60. The average molecular weight is 334 g/mol. The number of carbonyl (C=O) groups is 2. The van der Waals surface area contributed by atoms with Gasteiger partial charge in [-0.05, 0) is 31.4 Å². The largest absolute Gasteiger partial charge is 0.496 e. The standard InChI is InChI=1S/C18H22O6/c1-16-8-5-9-17(2,14(19)20)13(16)18(23,15(21)22)12-10(16)6-4-7-11(12)24-3/h4,6-7,13,23H,5,8-9H2,1-3H3,(H,19,20)(H,21,22). The molecule has 3 rings (SSSR count). The molecule has 0 bridgehead atoms. The lowest BCUT2D eigenvalue weighted by Crippen LogP contribution is -2.57. The van der Waals surface area contributed by atoms with Crippen LogP contribution in [0.15, 0.2) is 18.2 Å². The second-order valence-electron chi connectivity index (χ2n) is 7.38. The van der Waals surface area contributed by atoms with Crippen molar-refractivity contribution in [2.45, 2.75) is 44.1 Å². The van der Waals surface area contributed by atoms with Crippen LogP contribution in [0.25, 0.3) is 0 Å². The number of rotatable bonds is 3. The van der Waals surface area contributed by atoms with Crippen LogP contribution in [0, 0.1) is 11.3 Å². The lowest BCUT2D eigenvalue weighted by atomic mass is 9.53. The number of carboxylic acids is 2. The Kier molecular flexibility index (Phi) is 3.46. The molecule has 0 aromatic heterocycles. The predicted octanol–water partition coefficient (Wildman–Crippen LogP) is 2.13. The topological polar surface area (TPSA) is 104 Å². The van der Waals surface area contributed by atoms with Crippen LogP contribution in [0.1, 0.15) is 44.2 Å². The number of methoxy groups -OCH3 is 1. The fraction of sp³-hybridized carbons (Fsp3) is 0.556. The van der Waals surface area contributed by atoms with E-state index < -0.39 is 34.3 Å². The van der Waals surface area contributed by atoms with Crippen LogP contribution in [-0.4, -0.2) is 34.4 Å². The molecule has 4 unspecified atom stereocenters. The molecule has 6 heteroatoms. The van der Waals surface area contributed by atoms with Gasteiger partial charge in [0, 0.05) is 16.9 Å². The highest BCUT2D eigenvalue weighted by molar-refractivity contribution is 5.87. The fourth-order valence-electron chi connectivity index (χ4n) is 5.20. The van der Waals surface area contributed by atoms with Gasteiger partial charge in [-0.15, -0.1) is 0 Å². The van der Waals surface area contributed by atoms with Gasteiger partial charge in [0.25, 0.3) is 0 Å². The van der Waals surface area contributed by atoms with Gasteiger partial charge >= 0.3 is 11.9 Å². The van der Waals surface area contributed by atoms with Gasteiger partial charge in [-0.25, -0.2) is 4.79 Å². The van der Waals surface area contributed by atoms with Crippen LogP contribution in [0.2, 0.25) is 0 Å². The maximum Gasteiger partial charge on any atom is 0.340 e. The lowest BCUT2D eigenvalue weighted by molar-refractivity contribution is -0.189. The third-order valence-corrected chi connectivity index (χ3v) is 6.14. The third kappa shape index (κ3) is 1.75. The SMILES string of the molecule is COc1cccc2c1C(O)(C(=O)O)C1C(C)(C(=O)O)CCCC21C. The number of aliphatic hydroxyl groups is 1. The number of fused-ring (bicyclic) bond motifs is 3. The van der Waals surface area contributed by atoms with E-state index in [4.69, 9.17) is 4.74 Å². The van der Waals surface area contributed by atoms with E-state index in [9.17, 15) is 24.9 Å². The van der Waals surface area contributed by atoms with E-state index in [0.29, 0.717) is 24.8 Å². The number of aliphatic carboxylic acids is 2. The first kappa shape index (κ1) is 16.8. The van der Waals surface area contributed by atoms with E-state index in [1.54, 1.807) is 25.1 Å². The number of hydrogen-bond acceptors (Lipinski definition) is 4. The molecule has 0 aliphatic heterocycles. The van der Waals surface area contributed by atoms with Gasteiger partial charge in [-0.3, -0.25) is 4.79 Å². The van der Waals surface area contributed by atoms with Gasteiger partial charge in [-0.1, -0.05) is 25.5 Å². The molecule has 1 fully saturated rings. The van der Waals surface area contributed by atoms with Crippen molar-refractivity contribution in [2.75, 3.05) is 7.11 Å². The summed E-state index contributed by atoms with van der Waals surface area (Å²) in [4.78, 5) is 24.2. The molecule has 0 radical (unpaired) electrons. The second kappa shape index (κ2) is 4.96. The Morgan fingerprint density at radius 2 is 1.83 bits per heavy atom. The van der Waals surface area contributed by atoms with Crippen molar-refractivity contribution < 1.29 is 29.6 Å². The molecule has 3 N–H and O–H groups in total. The number of ether oxygens (including phenoxy) is 1. The molecule has 0 spiro atoms. The molecule has 130 valence electrons. The Morgan fingerprint density at radius 3 is 2.38 bits per heavy atom. The zero-order valence-corrected chi connectivity index (χ0v) is 14.0. The molecular formula is C18H22O6. The molecule has 1 aromatic rings.